The zero-order chi connectivity index (χ0) is 16.4. The molecule has 23 heavy (non-hydrogen) atoms. The molecule has 0 aliphatic carbocycles. The molecular weight excluding hydrogens is 318 g/mol. The molecule has 0 saturated carbocycles. The lowest BCUT2D eigenvalue weighted by molar-refractivity contribution is -0.125. The number of nitrogens with zero attached hydrogens (tertiary/aromatic N) is 2. The summed E-state index contributed by atoms with van der Waals surface area (Å²) in [5.41, 5.74) is 1.26. The summed E-state index contributed by atoms with van der Waals surface area (Å²) >= 11 is 0.985. The Morgan fingerprint density at radius 1 is 1.39 bits per heavy atom. The lowest BCUT2D eigenvalue weighted by atomic mass is 9.98. The van der Waals surface area contributed by atoms with Crippen molar-refractivity contribution in [2.45, 2.75) is 25.9 Å². The first-order valence-electron chi connectivity index (χ1n) is 6.94. The molecule has 1 aliphatic heterocycles. The van der Waals surface area contributed by atoms with Gasteiger partial charge in [-0.2, -0.15) is 4.37 Å². The summed E-state index contributed by atoms with van der Waals surface area (Å²) in [5.74, 6) is -0.665. The summed E-state index contributed by atoms with van der Waals surface area (Å²) in [4.78, 5) is 39.2. The number of nitrogens with one attached hydrogen (secondary N) is 1. The number of carbonyl (C=O) groups excluding carboxylic acids is 3. The van der Waals surface area contributed by atoms with Gasteiger partial charge in [-0.05, 0) is 18.6 Å². The Morgan fingerprint density at radius 2 is 2.17 bits per heavy atom. The molecule has 1 aliphatic rings. The number of ether oxygens (including phenoxy) is 1. The summed E-state index contributed by atoms with van der Waals surface area (Å²) < 4.78 is 9.16. The number of ketones is 1. The van der Waals surface area contributed by atoms with Crippen LogP contribution in [0.4, 0.5) is 5.13 Å². The summed E-state index contributed by atoms with van der Waals surface area (Å²) in [6.07, 6.45) is -0.470. The number of benzene rings is 1. The third-order valence-electron chi connectivity index (χ3n) is 3.29. The Kier molecular flexibility index (Phi) is 4.16. The van der Waals surface area contributed by atoms with Crippen molar-refractivity contribution < 1.29 is 19.1 Å². The molecule has 1 aromatic carbocycles. The number of Topliss-reactive ketones (excluding diaryl/α,β-unsaturated/α-hetero) is 1. The zero-order valence-electron chi connectivity index (χ0n) is 12.2. The lowest BCUT2D eigenvalue weighted by Crippen LogP contribution is -2.37. The van der Waals surface area contributed by atoms with Gasteiger partial charge in [0.05, 0.1) is 12.0 Å². The molecule has 0 unspecified atom stereocenters. The van der Waals surface area contributed by atoms with Crippen LogP contribution in [0.3, 0.4) is 0 Å². The number of cyclic esters (lactones) is 1. The van der Waals surface area contributed by atoms with Gasteiger partial charge >= 0.3 is 5.97 Å². The van der Waals surface area contributed by atoms with Gasteiger partial charge in [-0.15, -0.1) is 0 Å². The smallest absolute Gasteiger partial charge is 0.339 e. The van der Waals surface area contributed by atoms with Crippen LogP contribution >= 0.6 is 11.5 Å². The molecule has 0 bridgehead atoms. The minimum Gasteiger partial charge on any atom is -0.448 e. The quantitative estimate of drug-likeness (QED) is 0.850. The Balaban J connectivity index is 1.69. The Labute approximate surface area is 135 Å². The van der Waals surface area contributed by atoms with Crippen LogP contribution in [0.1, 0.15) is 28.7 Å². The number of amides is 1. The van der Waals surface area contributed by atoms with Gasteiger partial charge in [-0.1, -0.05) is 18.2 Å². The number of hydrogen-bond acceptors (Lipinski definition) is 7. The van der Waals surface area contributed by atoms with Crippen molar-refractivity contribution in [3.8, 4) is 0 Å². The van der Waals surface area contributed by atoms with E-state index < -0.39 is 18.0 Å². The number of anilines is 1. The second-order valence-electron chi connectivity index (χ2n) is 5.14. The second-order valence-corrected chi connectivity index (χ2v) is 5.89. The third-order valence-corrected chi connectivity index (χ3v) is 3.96. The van der Waals surface area contributed by atoms with Crippen LogP contribution in [-0.4, -0.2) is 33.1 Å². The van der Waals surface area contributed by atoms with Crippen LogP contribution in [0, 0.1) is 0 Å². The summed E-state index contributed by atoms with van der Waals surface area (Å²) in [5, 5.41) is 2.85. The van der Waals surface area contributed by atoms with E-state index in [1.807, 2.05) is 6.07 Å². The fourth-order valence-corrected chi connectivity index (χ4v) is 2.85. The van der Waals surface area contributed by atoms with Gasteiger partial charge in [0.2, 0.25) is 5.13 Å². The normalized spacial score (nSPS) is 16.4. The minimum atomic E-state index is -0.905. The van der Waals surface area contributed by atoms with Crippen LogP contribution in [0.2, 0.25) is 0 Å². The first-order chi connectivity index (χ1) is 11.0. The molecule has 0 saturated heterocycles. The van der Waals surface area contributed by atoms with E-state index in [0.29, 0.717) is 17.8 Å². The Hall–Kier alpha value is -2.61. The van der Waals surface area contributed by atoms with E-state index in [9.17, 15) is 14.4 Å². The molecule has 0 spiro atoms. The van der Waals surface area contributed by atoms with Crippen molar-refractivity contribution >= 4 is 34.3 Å². The second kappa shape index (κ2) is 6.25. The van der Waals surface area contributed by atoms with Gasteiger partial charge in [0.1, 0.15) is 5.78 Å². The van der Waals surface area contributed by atoms with Crippen LogP contribution < -0.4 is 5.32 Å². The van der Waals surface area contributed by atoms with Gasteiger partial charge in [-0.3, -0.25) is 14.9 Å². The van der Waals surface area contributed by atoms with Gasteiger partial charge < -0.3 is 4.74 Å². The van der Waals surface area contributed by atoms with Crippen molar-refractivity contribution in [1.29, 1.82) is 0 Å². The highest BCUT2D eigenvalue weighted by molar-refractivity contribution is 7.09. The predicted octanol–water partition coefficient (Wildman–Crippen LogP) is 1.39. The average molecular weight is 331 g/mol. The molecule has 7 nitrogen and oxygen atoms in total. The van der Waals surface area contributed by atoms with E-state index in [1.165, 1.54) is 6.92 Å². The molecule has 2 heterocycles. The zero-order valence-corrected chi connectivity index (χ0v) is 13.1. The van der Waals surface area contributed by atoms with Crippen molar-refractivity contribution in [3.63, 3.8) is 0 Å². The Morgan fingerprint density at radius 3 is 2.96 bits per heavy atom. The fourth-order valence-electron chi connectivity index (χ4n) is 2.26. The molecule has 1 amide bonds. The van der Waals surface area contributed by atoms with E-state index >= 15 is 0 Å². The van der Waals surface area contributed by atoms with E-state index in [0.717, 1.165) is 17.1 Å². The molecule has 118 valence electrons. The Bertz CT molecular complexity index is 787. The van der Waals surface area contributed by atoms with Crippen molar-refractivity contribution in [2.75, 3.05) is 5.32 Å². The highest BCUT2D eigenvalue weighted by atomic mass is 32.1. The fraction of sp³-hybridized carbons (Fsp3) is 0.267. The largest absolute Gasteiger partial charge is 0.448 e. The highest BCUT2D eigenvalue weighted by Crippen LogP contribution is 2.22. The number of fused-ring (bicyclic) bond motifs is 1. The first-order valence-corrected chi connectivity index (χ1v) is 7.72. The van der Waals surface area contributed by atoms with Gasteiger partial charge in [0.15, 0.2) is 11.9 Å². The topological polar surface area (TPSA) is 98.2 Å². The monoisotopic (exact) mass is 331 g/mol. The number of hydrogen-bond donors (Lipinski definition) is 1. The molecule has 1 atom stereocenters. The van der Waals surface area contributed by atoms with Crippen molar-refractivity contribution in [3.05, 3.63) is 41.2 Å². The number of esters is 1. The van der Waals surface area contributed by atoms with Gasteiger partial charge in [0, 0.05) is 18.0 Å². The maximum absolute atomic E-state index is 12.2. The molecule has 1 N–H and O–H groups in total. The van der Waals surface area contributed by atoms with E-state index in [2.05, 4.69) is 14.7 Å². The van der Waals surface area contributed by atoms with Crippen LogP contribution in [-0.2, 0) is 27.2 Å². The molecular formula is C15H13N3O4S. The SMILES string of the molecule is CC(=O)Cc1nsc(NC(=O)[C@@H]2Cc3ccccc3C(=O)O2)n1. The molecule has 0 fully saturated rings. The molecule has 3 rings (SSSR count). The molecule has 0 radical (unpaired) electrons. The van der Waals surface area contributed by atoms with E-state index in [4.69, 9.17) is 4.74 Å². The number of carbonyl (C=O) groups is 3. The molecule has 8 heteroatoms. The summed E-state index contributed by atoms with van der Waals surface area (Å²) in [6.45, 7) is 1.44. The van der Waals surface area contributed by atoms with Crippen molar-refractivity contribution in [1.82, 2.24) is 9.36 Å². The predicted molar refractivity (Wildman–Crippen MR) is 82.3 cm³/mol. The van der Waals surface area contributed by atoms with Crippen LogP contribution in [0.5, 0.6) is 0 Å². The highest BCUT2D eigenvalue weighted by Gasteiger charge is 2.31. The summed E-state index contributed by atoms with van der Waals surface area (Å²) in [7, 11) is 0. The number of rotatable bonds is 4. The third kappa shape index (κ3) is 3.42. The summed E-state index contributed by atoms with van der Waals surface area (Å²) in [6, 6.07) is 7.03. The van der Waals surface area contributed by atoms with Crippen molar-refractivity contribution in [2.24, 2.45) is 0 Å². The minimum absolute atomic E-state index is 0.0569. The molecule has 2 aromatic rings. The lowest BCUT2D eigenvalue weighted by Gasteiger charge is -2.23. The maximum atomic E-state index is 12.2. The van der Waals surface area contributed by atoms with E-state index in [1.54, 1.807) is 18.2 Å². The van der Waals surface area contributed by atoms with Crippen LogP contribution in [0.25, 0.3) is 0 Å². The van der Waals surface area contributed by atoms with Crippen LogP contribution in [0.15, 0.2) is 24.3 Å². The number of aromatic nitrogens is 2. The van der Waals surface area contributed by atoms with Gasteiger partial charge in [-0.25, -0.2) is 9.78 Å². The standard InChI is InChI=1S/C15H13N3O4S/c1-8(19)6-12-16-15(23-18-12)17-13(20)11-7-9-4-2-3-5-10(9)14(21)22-11/h2-5,11H,6-7H2,1H3,(H,16,17,18,20)/t11-/m0/s1. The first kappa shape index (κ1) is 15.3. The van der Waals surface area contributed by atoms with Gasteiger partial charge in [0.25, 0.3) is 5.91 Å². The van der Waals surface area contributed by atoms with E-state index in [-0.39, 0.29) is 17.3 Å². The molecule has 1 aromatic heterocycles. The maximum Gasteiger partial charge on any atom is 0.339 e. The average Bonchev–Trinajstić information content (AvgIpc) is 2.93.